The maximum absolute atomic E-state index is 10.3. The Morgan fingerprint density at radius 1 is 1.30 bits per heavy atom. The fraction of sp³-hybridized carbons (Fsp3) is 0.154. The first kappa shape index (κ1) is 13.8. The lowest BCUT2D eigenvalue weighted by Crippen LogP contribution is -2.32. The van der Waals surface area contributed by atoms with Crippen molar-refractivity contribution in [1.82, 2.24) is 19.9 Å². The number of imidazole rings is 2. The lowest BCUT2D eigenvalue weighted by atomic mass is 10.2. The van der Waals surface area contributed by atoms with Crippen molar-refractivity contribution in [2.75, 3.05) is 0 Å². The Balaban J connectivity index is 0.000000149. The molecule has 0 unspecified atom stereocenters. The monoisotopic (exact) mass is 273 g/mol. The maximum atomic E-state index is 10.3. The number of carboxylic acid groups (broad SMARTS) is 1. The minimum Gasteiger partial charge on any atom is -0.480 e. The molecular weight excluding hydrogens is 258 g/mol. The van der Waals surface area contributed by atoms with Crippen molar-refractivity contribution < 1.29 is 9.90 Å². The molecule has 0 saturated carbocycles. The number of nitrogens with one attached hydrogen (secondary N) is 2. The highest BCUT2D eigenvalue weighted by Crippen LogP contribution is 2.05. The summed E-state index contributed by atoms with van der Waals surface area (Å²) in [5.74, 6) is -1.00. The van der Waals surface area contributed by atoms with Gasteiger partial charge in [0.25, 0.3) is 0 Å². The molecule has 0 bridgehead atoms. The number of aromatic amines is 2. The van der Waals surface area contributed by atoms with Gasteiger partial charge in [0, 0.05) is 18.3 Å². The molecule has 104 valence electrons. The smallest absolute Gasteiger partial charge is 0.320 e. The van der Waals surface area contributed by atoms with Crippen molar-refractivity contribution in [2.45, 2.75) is 12.5 Å². The van der Waals surface area contributed by atoms with E-state index in [2.05, 4.69) is 19.9 Å². The lowest BCUT2D eigenvalue weighted by molar-refractivity contribution is -0.138. The maximum Gasteiger partial charge on any atom is 0.320 e. The van der Waals surface area contributed by atoms with Crippen molar-refractivity contribution in [1.29, 1.82) is 0 Å². The van der Waals surface area contributed by atoms with Gasteiger partial charge in [-0.05, 0) is 12.1 Å². The van der Waals surface area contributed by atoms with Gasteiger partial charge in [0.15, 0.2) is 0 Å². The molecule has 20 heavy (non-hydrogen) atoms. The van der Waals surface area contributed by atoms with Crippen LogP contribution in [0, 0.1) is 0 Å². The average Bonchev–Trinajstić information content (AvgIpc) is 3.09. The summed E-state index contributed by atoms with van der Waals surface area (Å²) in [4.78, 5) is 23.8. The molecular formula is C13H15N5O2. The number of benzene rings is 1. The van der Waals surface area contributed by atoms with Crippen LogP contribution in [0.3, 0.4) is 0 Å². The molecule has 0 amide bonds. The Labute approximate surface area is 114 Å². The molecule has 0 aliphatic rings. The summed E-state index contributed by atoms with van der Waals surface area (Å²) < 4.78 is 0. The highest BCUT2D eigenvalue weighted by Gasteiger charge is 2.11. The Morgan fingerprint density at radius 3 is 2.75 bits per heavy atom. The molecule has 3 aromatic rings. The third-order valence-corrected chi connectivity index (χ3v) is 2.64. The zero-order valence-electron chi connectivity index (χ0n) is 10.7. The van der Waals surface area contributed by atoms with Gasteiger partial charge in [-0.25, -0.2) is 9.97 Å². The Kier molecular flexibility index (Phi) is 4.46. The number of carbonyl (C=O) groups is 1. The molecule has 2 aromatic heterocycles. The first-order valence-corrected chi connectivity index (χ1v) is 6.00. The average molecular weight is 273 g/mol. The number of carboxylic acids is 1. The van der Waals surface area contributed by atoms with Crippen LogP contribution >= 0.6 is 0 Å². The number of H-pyrrole nitrogens is 2. The summed E-state index contributed by atoms with van der Waals surface area (Å²) in [7, 11) is 0. The first-order valence-electron chi connectivity index (χ1n) is 6.00. The van der Waals surface area contributed by atoms with E-state index in [0.29, 0.717) is 0 Å². The van der Waals surface area contributed by atoms with Gasteiger partial charge in [0.2, 0.25) is 0 Å². The fourth-order valence-electron chi connectivity index (χ4n) is 1.60. The number of nitrogens with zero attached hydrogens (tertiary/aromatic N) is 2. The lowest BCUT2D eigenvalue weighted by Gasteiger charge is -2.02. The normalized spacial score (nSPS) is 11.7. The van der Waals surface area contributed by atoms with Crippen LogP contribution < -0.4 is 5.73 Å². The van der Waals surface area contributed by atoms with E-state index in [1.165, 1.54) is 6.33 Å². The second-order valence-electron chi connectivity index (χ2n) is 4.15. The summed E-state index contributed by atoms with van der Waals surface area (Å²) >= 11 is 0. The summed E-state index contributed by atoms with van der Waals surface area (Å²) in [6, 6.07) is 7.09. The summed E-state index contributed by atoms with van der Waals surface area (Å²) in [6.45, 7) is 0. The summed E-state index contributed by atoms with van der Waals surface area (Å²) in [5.41, 5.74) is 8.12. The van der Waals surface area contributed by atoms with Crippen molar-refractivity contribution >= 4 is 17.0 Å². The SMILES string of the molecule is N[C@@H](Cc1cnc[nH]1)C(=O)O.c1ccc2[nH]cnc2c1. The van der Waals surface area contributed by atoms with Gasteiger partial charge in [-0.15, -0.1) is 0 Å². The van der Waals surface area contributed by atoms with Gasteiger partial charge in [0.1, 0.15) is 6.04 Å². The Hall–Kier alpha value is -2.67. The quantitative estimate of drug-likeness (QED) is 0.565. The highest BCUT2D eigenvalue weighted by atomic mass is 16.4. The van der Waals surface area contributed by atoms with Crippen molar-refractivity contribution in [3.63, 3.8) is 0 Å². The number of fused-ring (bicyclic) bond motifs is 1. The second-order valence-corrected chi connectivity index (χ2v) is 4.15. The Bertz CT molecular complexity index is 632. The molecule has 2 heterocycles. The van der Waals surface area contributed by atoms with Gasteiger partial charge >= 0.3 is 5.97 Å². The molecule has 7 heteroatoms. The third kappa shape index (κ3) is 3.66. The molecule has 0 aliphatic carbocycles. The van der Waals surface area contributed by atoms with Crippen molar-refractivity contribution in [3.8, 4) is 0 Å². The van der Waals surface area contributed by atoms with E-state index in [4.69, 9.17) is 10.8 Å². The van der Waals surface area contributed by atoms with Crippen LogP contribution in [0.1, 0.15) is 5.69 Å². The fourth-order valence-corrected chi connectivity index (χ4v) is 1.60. The van der Waals surface area contributed by atoms with E-state index in [1.807, 2.05) is 24.3 Å². The number of nitrogens with two attached hydrogens (primary N) is 1. The van der Waals surface area contributed by atoms with E-state index in [1.54, 1.807) is 12.5 Å². The Morgan fingerprint density at radius 2 is 2.10 bits per heavy atom. The predicted octanol–water partition coefficient (Wildman–Crippen LogP) is 0.927. The second kappa shape index (κ2) is 6.48. The van der Waals surface area contributed by atoms with E-state index >= 15 is 0 Å². The van der Waals surface area contributed by atoms with Gasteiger partial charge in [-0.2, -0.15) is 0 Å². The van der Waals surface area contributed by atoms with E-state index in [-0.39, 0.29) is 6.42 Å². The molecule has 7 nitrogen and oxygen atoms in total. The van der Waals surface area contributed by atoms with Crippen molar-refractivity contribution in [3.05, 3.63) is 48.8 Å². The number of rotatable bonds is 3. The van der Waals surface area contributed by atoms with Crippen LogP contribution in [-0.4, -0.2) is 37.1 Å². The largest absolute Gasteiger partial charge is 0.480 e. The van der Waals surface area contributed by atoms with Gasteiger partial charge < -0.3 is 20.8 Å². The van der Waals surface area contributed by atoms with Gasteiger partial charge in [0.05, 0.1) is 23.7 Å². The van der Waals surface area contributed by atoms with Crippen LogP contribution in [0.15, 0.2) is 43.1 Å². The zero-order chi connectivity index (χ0) is 14.4. The minimum absolute atomic E-state index is 0.287. The zero-order valence-corrected chi connectivity index (χ0v) is 10.7. The van der Waals surface area contributed by atoms with E-state index < -0.39 is 12.0 Å². The van der Waals surface area contributed by atoms with Crippen LogP contribution in [0.2, 0.25) is 0 Å². The first-order chi connectivity index (χ1) is 9.66. The molecule has 0 aliphatic heterocycles. The minimum atomic E-state index is -1.00. The molecule has 0 radical (unpaired) electrons. The van der Waals surface area contributed by atoms with Gasteiger partial charge in [-0.3, -0.25) is 4.79 Å². The van der Waals surface area contributed by atoms with Crippen LogP contribution in [0.25, 0.3) is 11.0 Å². The number of aliphatic carboxylic acids is 1. The molecule has 0 fully saturated rings. The van der Waals surface area contributed by atoms with Gasteiger partial charge in [-0.1, -0.05) is 12.1 Å². The third-order valence-electron chi connectivity index (χ3n) is 2.64. The predicted molar refractivity (Wildman–Crippen MR) is 74.0 cm³/mol. The number of aromatic nitrogens is 4. The molecule has 0 saturated heterocycles. The highest BCUT2D eigenvalue weighted by molar-refractivity contribution is 5.74. The molecule has 1 atom stereocenters. The number of hydrogen-bond acceptors (Lipinski definition) is 4. The van der Waals surface area contributed by atoms with Crippen LogP contribution in [0.5, 0.6) is 0 Å². The topological polar surface area (TPSA) is 121 Å². The van der Waals surface area contributed by atoms with E-state index in [9.17, 15) is 4.79 Å². The molecule has 1 aromatic carbocycles. The summed E-state index contributed by atoms with van der Waals surface area (Å²) in [5, 5.41) is 8.42. The van der Waals surface area contributed by atoms with Crippen LogP contribution in [0.4, 0.5) is 0 Å². The molecule has 0 spiro atoms. The van der Waals surface area contributed by atoms with Crippen molar-refractivity contribution in [2.24, 2.45) is 5.73 Å². The number of hydrogen-bond donors (Lipinski definition) is 4. The van der Waals surface area contributed by atoms with Crippen LogP contribution in [-0.2, 0) is 11.2 Å². The standard InChI is InChI=1S/C7H6N2.C6H9N3O2/c1-2-4-7-6(3-1)8-5-9-7;7-5(6(10)11)1-4-2-8-3-9-4/h1-5H,(H,8,9);2-3,5H,1,7H2,(H,8,9)(H,10,11)/t;5-/m.0/s1. The van der Waals surface area contributed by atoms with E-state index in [0.717, 1.165) is 16.7 Å². The summed E-state index contributed by atoms with van der Waals surface area (Å²) in [6.07, 6.45) is 5.03. The molecule has 3 rings (SSSR count). The molecule has 5 N–H and O–H groups in total. The number of para-hydroxylation sites is 2.